The summed E-state index contributed by atoms with van der Waals surface area (Å²) < 4.78 is 7.94. The summed E-state index contributed by atoms with van der Waals surface area (Å²) in [6.45, 7) is 1.84. The molecule has 1 atom stereocenters. The molecular weight excluding hydrogens is 338 g/mol. The summed E-state index contributed by atoms with van der Waals surface area (Å²) in [5.41, 5.74) is 4.24. The molecule has 27 heavy (non-hydrogen) atoms. The van der Waals surface area contributed by atoms with Crippen molar-refractivity contribution in [3.63, 3.8) is 0 Å². The molecule has 0 bridgehead atoms. The van der Waals surface area contributed by atoms with Gasteiger partial charge in [-0.25, -0.2) is 4.98 Å². The average molecular weight is 361 g/mol. The van der Waals surface area contributed by atoms with Crippen LogP contribution >= 0.6 is 0 Å². The van der Waals surface area contributed by atoms with Gasteiger partial charge in [-0.2, -0.15) is 0 Å². The van der Waals surface area contributed by atoms with Crippen LogP contribution < -0.4 is 4.90 Å². The highest BCUT2D eigenvalue weighted by molar-refractivity contribution is 5.95. The van der Waals surface area contributed by atoms with Gasteiger partial charge in [0.2, 0.25) is 5.91 Å². The van der Waals surface area contributed by atoms with Crippen molar-refractivity contribution in [2.45, 2.75) is 38.3 Å². The minimum Gasteiger partial charge on any atom is -0.370 e. The molecule has 0 spiro atoms. The van der Waals surface area contributed by atoms with E-state index in [4.69, 9.17) is 9.72 Å². The smallest absolute Gasteiger partial charge is 0.246 e. The lowest BCUT2D eigenvalue weighted by atomic mass is 10.0. The molecule has 0 N–H and O–H groups in total. The topological polar surface area (TPSA) is 47.4 Å². The SMILES string of the molecule is O=C(Cn1c([C@@H]2CCCO2)nc2ccccc21)N1CCCc2ccccc21. The summed E-state index contributed by atoms with van der Waals surface area (Å²) in [7, 11) is 0. The van der Waals surface area contributed by atoms with E-state index < -0.39 is 0 Å². The summed E-state index contributed by atoms with van der Waals surface area (Å²) in [5.74, 6) is 0.997. The Bertz CT molecular complexity index is 988. The molecule has 1 saturated heterocycles. The van der Waals surface area contributed by atoms with Crippen LogP contribution in [0.1, 0.15) is 36.8 Å². The molecule has 5 heteroatoms. The van der Waals surface area contributed by atoms with Crippen molar-refractivity contribution >= 4 is 22.6 Å². The van der Waals surface area contributed by atoms with Gasteiger partial charge in [0.1, 0.15) is 18.5 Å². The highest BCUT2D eigenvalue weighted by Crippen LogP contribution is 2.32. The third kappa shape index (κ3) is 2.92. The van der Waals surface area contributed by atoms with Crippen molar-refractivity contribution in [2.75, 3.05) is 18.1 Å². The summed E-state index contributed by atoms with van der Waals surface area (Å²) >= 11 is 0. The first-order valence-corrected chi connectivity index (χ1v) is 9.76. The van der Waals surface area contributed by atoms with E-state index in [1.165, 1.54) is 5.56 Å². The Labute approximate surface area is 158 Å². The molecule has 0 aliphatic carbocycles. The fraction of sp³-hybridized carbons (Fsp3) is 0.364. The lowest BCUT2D eigenvalue weighted by molar-refractivity contribution is -0.119. The molecular formula is C22H23N3O2. The quantitative estimate of drug-likeness (QED) is 0.711. The second-order valence-electron chi connectivity index (χ2n) is 7.32. The number of amides is 1. The molecule has 138 valence electrons. The molecule has 1 aromatic heterocycles. The number of rotatable bonds is 3. The van der Waals surface area contributed by atoms with E-state index in [2.05, 4.69) is 16.7 Å². The normalized spacial score (nSPS) is 19.4. The Kier molecular flexibility index (Phi) is 4.17. The molecule has 3 aromatic rings. The Morgan fingerprint density at radius 2 is 1.96 bits per heavy atom. The van der Waals surface area contributed by atoms with Gasteiger partial charge in [0.15, 0.2) is 0 Å². The number of fused-ring (bicyclic) bond motifs is 2. The first-order chi connectivity index (χ1) is 13.3. The summed E-state index contributed by atoms with van der Waals surface area (Å²) in [4.78, 5) is 20.0. The van der Waals surface area contributed by atoms with Crippen LogP contribution in [0.3, 0.4) is 0 Å². The molecule has 2 aromatic carbocycles. The van der Waals surface area contributed by atoms with Gasteiger partial charge in [-0.05, 0) is 49.4 Å². The van der Waals surface area contributed by atoms with Gasteiger partial charge in [-0.1, -0.05) is 30.3 Å². The maximum atomic E-state index is 13.3. The fourth-order valence-electron chi connectivity index (χ4n) is 4.30. The highest BCUT2D eigenvalue weighted by atomic mass is 16.5. The Hall–Kier alpha value is -2.66. The molecule has 0 radical (unpaired) electrons. The number of ether oxygens (including phenoxy) is 1. The van der Waals surface area contributed by atoms with Gasteiger partial charge in [0.25, 0.3) is 0 Å². The molecule has 3 heterocycles. The van der Waals surface area contributed by atoms with Crippen LogP contribution in [0.4, 0.5) is 5.69 Å². The van der Waals surface area contributed by atoms with Crippen LogP contribution in [0, 0.1) is 0 Å². The van der Waals surface area contributed by atoms with Crippen molar-refractivity contribution in [3.05, 3.63) is 59.9 Å². The Morgan fingerprint density at radius 3 is 2.85 bits per heavy atom. The van der Waals surface area contributed by atoms with Gasteiger partial charge in [-0.15, -0.1) is 0 Å². The average Bonchev–Trinajstić information content (AvgIpc) is 3.36. The van der Waals surface area contributed by atoms with Crippen LogP contribution in [0.25, 0.3) is 11.0 Å². The molecule has 2 aliphatic heterocycles. The summed E-state index contributed by atoms with van der Waals surface area (Å²) in [5, 5.41) is 0. The van der Waals surface area contributed by atoms with E-state index in [9.17, 15) is 4.79 Å². The van der Waals surface area contributed by atoms with Crippen LogP contribution in [-0.2, 0) is 22.5 Å². The molecule has 0 saturated carbocycles. The number of hydrogen-bond acceptors (Lipinski definition) is 3. The molecule has 5 rings (SSSR count). The van der Waals surface area contributed by atoms with Gasteiger partial charge >= 0.3 is 0 Å². The van der Waals surface area contributed by atoms with Crippen molar-refractivity contribution in [1.82, 2.24) is 9.55 Å². The van der Waals surface area contributed by atoms with Crippen molar-refractivity contribution in [2.24, 2.45) is 0 Å². The molecule has 1 amide bonds. The number of para-hydroxylation sites is 3. The minimum absolute atomic E-state index is 0.0150. The van der Waals surface area contributed by atoms with Crippen LogP contribution in [0.15, 0.2) is 48.5 Å². The first kappa shape index (κ1) is 16.5. The number of anilines is 1. The highest BCUT2D eigenvalue weighted by Gasteiger charge is 2.28. The lowest BCUT2D eigenvalue weighted by Gasteiger charge is -2.30. The minimum atomic E-state index is -0.0150. The van der Waals surface area contributed by atoms with Crippen LogP contribution in [0.2, 0.25) is 0 Å². The van der Waals surface area contributed by atoms with E-state index in [-0.39, 0.29) is 12.0 Å². The fourth-order valence-corrected chi connectivity index (χ4v) is 4.30. The van der Waals surface area contributed by atoms with Gasteiger partial charge in [0, 0.05) is 18.8 Å². The maximum absolute atomic E-state index is 13.3. The van der Waals surface area contributed by atoms with Crippen LogP contribution in [0.5, 0.6) is 0 Å². The monoisotopic (exact) mass is 361 g/mol. The van der Waals surface area contributed by atoms with Gasteiger partial charge in [0.05, 0.1) is 11.0 Å². The molecule has 2 aliphatic rings. The van der Waals surface area contributed by atoms with Crippen molar-refractivity contribution < 1.29 is 9.53 Å². The molecule has 5 nitrogen and oxygen atoms in total. The summed E-state index contributed by atoms with van der Waals surface area (Å²) in [6.07, 6.45) is 4.03. The second-order valence-corrected chi connectivity index (χ2v) is 7.32. The number of nitrogens with zero attached hydrogens (tertiary/aromatic N) is 3. The first-order valence-electron chi connectivity index (χ1n) is 9.76. The number of carbonyl (C=O) groups excluding carboxylic acids is 1. The van der Waals surface area contributed by atoms with E-state index in [0.717, 1.165) is 61.4 Å². The Morgan fingerprint density at radius 1 is 1.11 bits per heavy atom. The number of imidazole rings is 1. The second kappa shape index (κ2) is 6.82. The zero-order valence-corrected chi connectivity index (χ0v) is 15.3. The third-order valence-corrected chi connectivity index (χ3v) is 5.61. The van der Waals surface area contributed by atoms with E-state index in [1.807, 2.05) is 41.3 Å². The van der Waals surface area contributed by atoms with E-state index in [1.54, 1.807) is 0 Å². The van der Waals surface area contributed by atoms with E-state index >= 15 is 0 Å². The van der Waals surface area contributed by atoms with Gasteiger partial charge in [-0.3, -0.25) is 4.79 Å². The predicted octanol–water partition coefficient (Wildman–Crippen LogP) is 3.87. The van der Waals surface area contributed by atoms with Crippen LogP contribution in [-0.4, -0.2) is 28.6 Å². The lowest BCUT2D eigenvalue weighted by Crippen LogP contribution is -2.38. The number of hydrogen-bond donors (Lipinski definition) is 0. The number of aryl methyl sites for hydroxylation is 1. The predicted molar refractivity (Wildman–Crippen MR) is 105 cm³/mol. The number of carbonyl (C=O) groups is 1. The number of aromatic nitrogens is 2. The van der Waals surface area contributed by atoms with Crippen molar-refractivity contribution in [3.8, 4) is 0 Å². The molecule has 0 unspecified atom stereocenters. The third-order valence-electron chi connectivity index (χ3n) is 5.61. The van der Waals surface area contributed by atoms with Gasteiger partial charge < -0.3 is 14.2 Å². The largest absolute Gasteiger partial charge is 0.370 e. The van der Waals surface area contributed by atoms with E-state index in [0.29, 0.717) is 6.54 Å². The number of benzene rings is 2. The standard InChI is InChI=1S/C22H23N3O2/c26-21(24-13-5-8-16-7-1-3-10-18(16)24)15-25-19-11-4-2-9-17(19)23-22(25)20-12-6-14-27-20/h1-4,7,9-11,20H,5-6,8,12-15H2/t20-/m0/s1. The molecule has 1 fully saturated rings. The summed E-state index contributed by atoms with van der Waals surface area (Å²) in [6, 6.07) is 16.3. The zero-order chi connectivity index (χ0) is 18.2. The maximum Gasteiger partial charge on any atom is 0.246 e. The Balaban J connectivity index is 1.51. The van der Waals surface area contributed by atoms with Crippen molar-refractivity contribution in [1.29, 1.82) is 0 Å². The zero-order valence-electron chi connectivity index (χ0n) is 15.3.